The van der Waals surface area contributed by atoms with Crippen LogP contribution in [0, 0.1) is 0 Å². The van der Waals surface area contributed by atoms with E-state index >= 15 is 0 Å². The van der Waals surface area contributed by atoms with E-state index in [9.17, 15) is 4.79 Å². The number of anilines is 5. The van der Waals surface area contributed by atoms with Crippen LogP contribution in [0.4, 0.5) is 28.8 Å². The lowest BCUT2D eigenvalue weighted by atomic mass is 10.3. The van der Waals surface area contributed by atoms with E-state index in [0.29, 0.717) is 11.8 Å². The zero-order valence-electron chi connectivity index (χ0n) is 13.5. The third-order valence-corrected chi connectivity index (χ3v) is 3.71. The predicted molar refractivity (Wildman–Crippen MR) is 103 cm³/mol. The normalized spacial score (nSPS) is 10.2. The van der Waals surface area contributed by atoms with Gasteiger partial charge in [-0.2, -0.15) is 4.98 Å². The highest BCUT2D eigenvalue weighted by Crippen LogP contribution is 2.21. The molecule has 6 nitrogen and oxygen atoms in total. The topological polar surface area (TPSA) is 78.9 Å². The molecule has 0 atom stereocenters. The first-order chi connectivity index (χ1) is 12.1. The standard InChI is InChI=1S/C18H16BrN5O/c1-12(25)21-14-5-7-15(8-6-14)23-18-20-10-9-17(24-18)22-16-4-2-3-13(19)11-16/h2-11H,1H3,(H,21,25)(H2,20,22,23,24). The number of nitrogens with one attached hydrogen (secondary N) is 3. The summed E-state index contributed by atoms with van der Waals surface area (Å²) in [6, 6.07) is 17.0. The molecule has 1 heterocycles. The van der Waals surface area contributed by atoms with E-state index in [1.165, 1.54) is 6.92 Å². The largest absolute Gasteiger partial charge is 0.340 e. The Morgan fingerprint density at radius 3 is 2.44 bits per heavy atom. The van der Waals surface area contributed by atoms with Crippen LogP contribution in [0.25, 0.3) is 0 Å². The third kappa shape index (κ3) is 5.02. The summed E-state index contributed by atoms with van der Waals surface area (Å²) in [6.07, 6.45) is 1.68. The van der Waals surface area contributed by atoms with Crippen LogP contribution in [-0.2, 0) is 4.79 Å². The number of hydrogen-bond donors (Lipinski definition) is 3. The van der Waals surface area contributed by atoms with Crippen LogP contribution in [0.1, 0.15) is 6.92 Å². The summed E-state index contributed by atoms with van der Waals surface area (Å²) in [5.41, 5.74) is 2.50. The minimum Gasteiger partial charge on any atom is -0.340 e. The van der Waals surface area contributed by atoms with Crippen molar-refractivity contribution >= 4 is 50.7 Å². The molecule has 0 fully saturated rings. The van der Waals surface area contributed by atoms with Gasteiger partial charge >= 0.3 is 0 Å². The molecule has 0 radical (unpaired) electrons. The van der Waals surface area contributed by atoms with Gasteiger partial charge in [0.05, 0.1) is 0 Å². The maximum atomic E-state index is 11.0. The highest BCUT2D eigenvalue weighted by molar-refractivity contribution is 9.10. The summed E-state index contributed by atoms with van der Waals surface area (Å²) in [5.74, 6) is 1.06. The van der Waals surface area contributed by atoms with Gasteiger partial charge in [-0.25, -0.2) is 4.98 Å². The molecule has 0 aliphatic carbocycles. The first-order valence-corrected chi connectivity index (χ1v) is 8.38. The van der Waals surface area contributed by atoms with E-state index in [0.717, 1.165) is 21.5 Å². The monoisotopic (exact) mass is 397 g/mol. The van der Waals surface area contributed by atoms with Crippen LogP contribution in [0.5, 0.6) is 0 Å². The average Bonchev–Trinajstić information content (AvgIpc) is 2.57. The Morgan fingerprint density at radius 1 is 0.960 bits per heavy atom. The Morgan fingerprint density at radius 2 is 1.72 bits per heavy atom. The van der Waals surface area contributed by atoms with Crippen LogP contribution in [0.2, 0.25) is 0 Å². The van der Waals surface area contributed by atoms with E-state index in [2.05, 4.69) is 41.8 Å². The van der Waals surface area contributed by atoms with Crippen molar-refractivity contribution in [3.05, 3.63) is 65.3 Å². The van der Waals surface area contributed by atoms with Crippen LogP contribution in [0.15, 0.2) is 65.3 Å². The van der Waals surface area contributed by atoms with Crippen molar-refractivity contribution in [3.8, 4) is 0 Å². The molecule has 2 aromatic carbocycles. The fourth-order valence-electron chi connectivity index (χ4n) is 2.17. The molecule has 25 heavy (non-hydrogen) atoms. The number of carbonyl (C=O) groups is 1. The molecule has 126 valence electrons. The van der Waals surface area contributed by atoms with Crippen molar-refractivity contribution in [2.45, 2.75) is 6.92 Å². The van der Waals surface area contributed by atoms with E-state index < -0.39 is 0 Å². The smallest absolute Gasteiger partial charge is 0.229 e. The van der Waals surface area contributed by atoms with Crippen molar-refractivity contribution in [2.75, 3.05) is 16.0 Å². The van der Waals surface area contributed by atoms with Gasteiger partial charge in [0, 0.05) is 34.7 Å². The van der Waals surface area contributed by atoms with E-state index in [1.807, 2.05) is 48.5 Å². The van der Waals surface area contributed by atoms with Crippen molar-refractivity contribution in [2.24, 2.45) is 0 Å². The first-order valence-electron chi connectivity index (χ1n) is 7.59. The first kappa shape index (κ1) is 16.9. The molecule has 0 aliphatic rings. The lowest BCUT2D eigenvalue weighted by molar-refractivity contribution is -0.114. The van der Waals surface area contributed by atoms with E-state index in [-0.39, 0.29) is 5.91 Å². The lowest BCUT2D eigenvalue weighted by Crippen LogP contribution is -2.05. The van der Waals surface area contributed by atoms with Crippen molar-refractivity contribution in [1.82, 2.24) is 9.97 Å². The van der Waals surface area contributed by atoms with Gasteiger partial charge in [0.1, 0.15) is 5.82 Å². The van der Waals surface area contributed by atoms with E-state index in [4.69, 9.17) is 0 Å². The number of hydrogen-bond acceptors (Lipinski definition) is 5. The second-order valence-corrected chi connectivity index (χ2v) is 6.20. The summed E-state index contributed by atoms with van der Waals surface area (Å²) < 4.78 is 0.990. The highest BCUT2D eigenvalue weighted by atomic mass is 79.9. The van der Waals surface area contributed by atoms with Crippen LogP contribution < -0.4 is 16.0 Å². The average molecular weight is 398 g/mol. The number of halogens is 1. The number of amides is 1. The molecule has 1 amide bonds. The second-order valence-electron chi connectivity index (χ2n) is 5.28. The predicted octanol–water partition coefficient (Wildman–Crippen LogP) is 4.68. The molecular formula is C18H16BrN5O. The van der Waals surface area contributed by atoms with E-state index in [1.54, 1.807) is 12.3 Å². The Bertz CT molecular complexity index is 883. The van der Waals surface area contributed by atoms with Crippen LogP contribution in [0.3, 0.4) is 0 Å². The van der Waals surface area contributed by atoms with Crippen molar-refractivity contribution in [1.29, 1.82) is 0 Å². The zero-order chi connectivity index (χ0) is 17.6. The van der Waals surface area contributed by atoms with Crippen LogP contribution >= 0.6 is 15.9 Å². The molecule has 0 bridgehead atoms. The molecule has 0 unspecified atom stereocenters. The lowest BCUT2D eigenvalue weighted by Gasteiger charge is -2.09. The fraction of sp³-hybridized carbons (Fsp3) is 0.0556. The van der Waals surface area contributed by atoms with Gasteiger partial charge in [0.2, 0.25) is 11.9 Å². The molecular weight excluding hydrogens is 382 g/mol. The molecule has 0 spiro atoms. The quantitative estimate of drug-likeness (QED) is 0.582. The molecule has 3 rings (SSSR count). The maximum Gasteiger partial charge on any atom is 0.229 e. The molecule has 1 aromatic heterocycles. The summed E-state index contributed by atoms with van der Waals surface area (Å²) in [6.45, 7) is 1.48. The second kappa shape index (κ2) is 7.76. The Hall–Kier alpha value is -2.93. The SMILES string of the molecule is CC(=O)Nc1ccc(Nc2nccc(Nc3cccc(Br)c3)n2)cc1. The molecule has 7 heteroatoms. The van der Waals surface area contributed by atoms with Gasteiger partial charge in [0.25, 0.3) is 0 Å². The number of nitrogens with zero attached hydrogens (tertiary/aromatic N) is 2. The Balaban J connectivity index is 1.70. The minimum absolute atomic E-state index is 0.102. The third-order valence-electron chi connectivity index (χ3n) is 3.21. The molecule has 0 saturated carbocycles. The maximum absolute atomic E-state index is 11.0. The van der Waals surface area contributed by atoms with Crippen molar-refractivity contribution < 1.29 is 4.79 Å². The molecule has 0 aliphatic heterocycles. The molecule has 3 aromatic rings. The number of rotatable bonds is 5. The number of carbonyl (C=O) groups excluding carboxylic acids is 1. The Labute approximate surface area is 153 Å². The summed E-state index contributed by atoms with van der Waals surface area (Å²) in [4.78, 5) is 19.7. The van der Waals surface area contributed by atoms with Gasteiger partial charge < -0.3 is 16.0 Å². The van der Waals surface area contributed by atoms with Gasteiger partial charge in [-0.3, -0.25) is 4.79 Å². The zero-order valence-corrected chi connectivity index (χ0v) is 15.0. The number of benzene rings is 2. The van der Waals surface area contributed by atoms with Gasteiger partial charge in [-0.05, 0) is 48.5 Å². The van der Waals surface area contributed by atoms with Gasteiger partial charge in [0.15, 0.2) is 0 Å². The highest BCUT2D eigenvalue weighted by Gasteiger charge is 2.02. The Kier molecular flexibility index (Phi) is 5.25. The summed E-state index contributed by atoms with van der Waals surface area (Å²) in [5, 5.41) is 9.10. The number of aromatic nitrogens is 2. The van der Waals surface area contributed by atoms with Crippen molar-refractivity contribution in [3.63, 3.8) is 0 Å². The summed E-state index contributed by atoms with van der Waals surface area (Å²) in [7, 11) is 0. The van der Waals surface area contributed by atoms with Crippen LogP contribution in [-0.4, -0.2) is 15.9 Å². The molecule has 0 saturated heterocycles. The van der Waals surface area contributed by atoms with Gasteiger partial charge in [-0.1, -0.05) is 22.0 Å². The summed E-state index contributed by atoms with van der Waals surface area (Å²) >= 11 is 3.44. The minimum atomic E-state index is -0.102. The molecule has 3 N–H and O–H groups in total. The van der Waals surface area contributed by atoms with Gasteiger partial charge in [-0.15, -0.1) is 0 Å². The fourth-order valence-corrected chi connectivity index (χ4v) is 2.57.